The Labute approximate surface area is 123 Å². The molecule has 1 aliphatic heterocycles. The topological polar surface area (TPSA) is 58.0 Å². The van der Waals surface area contributed by atoms with Gasteiger partial charge in [-0.2, -0.15) is 0 Å². The Balaban J connectivity index is 1.45. The molecule has 0 radical (unpaired) electrons. The average molecular weight is 282 g/mol. The van der Waals surface area contributed by atoms with Crippen LogP contribution < -0.4 is 0 Å². The van der Waals surface area contributed by atoms with Crippen LogP contribution in [0.25, 0.3) is 11.0 Å². The molecule has 1 saturated heterocycles. The van der Waals surface area contributed by atoms with E-state index in [0.717, 1.165) is 47.9 Å². The third-order valence-electron chi connectivity index (χ3n) is 4.31. The number of benzene rings is 1. The fourth-order valence-electron chi connectivity index (χ4n) is 2.99. The number of nitrogens with zero attached hydrogens (tertiary/aromatic N) is 3. The molecule has 3 heterocycles. The van der Waals surface area contributed by atoms with E-state index in [2.05, 4.69) is 32.2 Å². The van der Waals surface area contributed by atoms with Gasteiger partial charge in [0.05, 0.1) is 16.7 Å². The highest BCUT2D eigenvalue weighted by Gasteiger charge is 2.31. The van der Waals surface area contributed by atoms with Crippen LogP contribution in [0.3, 0.4) is 0 Å². The predicted octanol–water partition coefficient (Wildman–Crippen LogP) is 2.77. The number of H-pyrrole nitrogens is 1. The van der Waals surface area contributed by atoms with Crippen LogP contribution in [0.2, 0.25) is 0 Å². The summed E-state index contributed by atoms with van der Waals surface area (Å²) in [5.41, 5.74) is 4.39. The van der Waals surface area contributed by atoms with E-state index in [4.69, 9.17) is 4.52 Å². The van der Waals surface area contributed by atoms with Crippen molar-refractivity contribution in [1.29, 1.82) is 0 Å². The highest BCUT2D eigenvalue weighted by atomic mass is 16.5. The first-order valence-corrected chi connectivity index (χ1v) is 7.29. The number of hydrogen-bond acceptors (Lipinski definition) is 4. The number of aromatic nitrogens is 3. The van der Waals surface area contributed by atoms with Crippen molar-refractivity contribution in [3.8, 4) is 0 Å². The van der Waals surface area contributed by atoms with Crippen LogP contribution in [-0.4, -0.2) is 33.1 Å². The fourth-order valence-corrected chi connectivity index (χ4v) is 2.99. The Morgan fingerprint density at radius 3 is 2.81 bits per heavy atom. The zero-order valence-corrected chi connectivity index (χ0v) is 12.3. The van der Waals surface area contributed by atoms with E-state index in [1.54, 1.807) is 0 Å². The lowest BCUT2D eigenvalue weighted by Gasteiger charge is -2.38. The Morgan fingerprint density at radius 2 is 2.10 bits per heavy atom. The SMILES string of the molecule is Cc1noc(C)c1CN1CC(c2nc3ccccc3[nH]2)C1. The van der Waals surface area contributed by atoms with Crippen LogP contribution in [0.1, 0.15) is 28.8 Å². The van der Waals surface area contributed by atoms with E-state index in [-0.39, 0.29) is 0 Å². The molecule has 1 fully saturated rings. The lowest BCUT2D eigenvalue weighted by Crippen LogP contribution is -2.44. The first-order chi connectivity index (χ1) is 10.2. The summed E-state index contributed by atoms with van der Waals surface area (Å²) in [5, 5.41) is 4.01. The van der Waals surface area contributed by atoms with Crippen LogP contribution in [0.5, 0.6) is 0 Å². The Bertz CT molecular complexity index is 730. The van der Waals surface area contributed by atoms with Crippen molar-refractivity contribution in [2.75, 3.05) is 13.1 Å². The summed E-state index contributed by atoms with van der Waals surface area (Å²) in [6, 6.07) is 8.19. The van der Waals surface area contributed by atoms with Crippen LogP contribution in [0.15, 0.2) is 28.8 Å². The van der Waals surface area contributed by atoms with Gasteiger partial charge in [-0.25, -0.2) is 4.98 Å². The second-order valence-corrected chi connectivity index (χ2v) is 5.83. The summed E-state index contributed by atoms with van der Waals surface area (Å²) < 4.78 is 5.22. The number of imidazole rings is 1. The van der Waals surface area contributed by atoms with Gasteiger partial charge in [0.15, 0.2) is 0 Å². The Morgan fingerprint density at radius 1 is 1.29 bits per heavy atom. The van der Waals surface area contributed by atoms with E-state index in [9.17, 15) is 0 Å². The maximum absolute atomic E-state index is 5.22. The van der Waals surface area contributed by atoms with E-state index in [1.807, 2.05) is 26.0 Å². The van der Waals surface area contributed by atoms with Crippen LogP contribution >= 0.6 is 0 Å². The van der Waals surface area contributed by atoms with Gasteiger partial charge in [0.25, 0.3) is 0 Å². The van der Waals surface area contributed by atoms with Gasteiger partial charge in [-0.1, -0.05) is 17.3 Å². The molecule has 2 aromatic heterocycles. The molecule has 0 spiro atoms. The van der Waals surface area contributed by atoms with E-state index >= 15 is 0 Å². The van der Waals surface area contributed by atoms with Gasteiger partial charge in [-0.05, 0) is 26.0 Å². The monoisotopic (exact) mass is 282 g/mol. The number of aromatic amines is 1. The minimum absolute atomic E-state index is 0.498. The number of rotatable bonds is 3. The summed E-state index contributed by atoms with van der Waals surface area (Å²) in [5.74, 6) is 2.53. The molecule has 1 N–H and O–H groups in total. The fraction of sp³-hybridized carbons (Fsp3) is 0.375. The zero-order chi connectivity index (χ0) is 14.4. The molecule has 5 heteroatoms. The number of para-hydroxylation sites is 2. The van der Waals surface area contributed by atoms with Gasteiger partial charge >= 0.3 is 0 Å². The molecular formula is C16H18N4O. The Hall–Kier alpha value is -2.14. The molecule has 1 aliphatic rings. The quantitative estimate of drug-likeness (QED) is 0.802. The number of likely N-dealkylation sites (tertiary alicyclic amines) is 1. The second kappa shape index (κ2) is 4.70. The van der Waals surface area contributed by atoms with Crippen molar-refractivity contribution in [1.82, 2.24) is 20.0 Å². The number of nitrogens with one attached hydrogen (secondary N) is 1. The molecule has 108 valence electrons. The molecule has 1 aromatic carbocycles. The molecule has 0 amide bonds. The molecular weight excluding hydrogens is 264 g/mol. The van der Waals surface area contributed by atoms with E-state index < -0.39 is 0 Å². The van der Waals surface area contributed by atoms with Gasteiger partial charge in [0.1, 0.15) is 11.6 Å². The average Bonchev–Trinajstić information content (AvgIpc) is 2.98. The summed E-state index contributed by atoms with van der Waals surface area (Å²) in [7, 11) is 0. The first kappa shape index (κ1) is 12.6. The van der Waals surface area contributed by atoms with Crippen molar-refractivity contribution in [3.63, 3.8) is 0 Å². The van der Waals surface area contributed by atoms with E-state index in [1.165, 1.54) is 5.56 Å². The van der Waals surface area contributed by atoms with Crippen molar-refractivity contribution in [3.05, 3.63) is 47.1 Å². The normalized spacial score (nSPS) is 16.5. The summed E-state index contributed by atoms with van der Waals surface area (Å²) in [6.07, 6.45) is 0. The summed E-state index contributed by atoms with van der Waals surface area (Å²) >= 11 is 0. The van der Waals surface area contributed by atoms with E-state index in [0.29, 0.717) is 5.92 Å². The minimum atomic E-state index is 0.498. The number of aryl methyl sites for hydroxylation is 2. The predicted molar refractivity (Wildman–Crippen MR) is 80.1 cm³/mol. The van der Waals surface area contributed by atoms with Gasteiger partial charge in [-0.15, -0.1) is 0 Å². The lowest BCUT2D eigenvalue weighted by atomic mass is 9.98. The molecule has 0 unspecified atom stereocenters. The molecule has 4 rings (SSSR count). The van der Waals surface area contributed by atoms with Gasteiger partial charge in [0.2, 0.25) is 0 Å². The van der Waals surface area contributed by atoms with Crippen molar-refractivity contribution >= 4 is 11.0 Å². The highest BCUT2D eigenvalue weighted by molar-refractivity contribution is 5.74. The molecule has 0 atom stereocenters. The van der Waals surface area contributed by atoms with Crippen molar-refractivity contribution in [2.24, 2.45) is 0 Å². The van der Waals surface area contributed by atoms with Crippen molar-refractivity contribution in [2.45, 2.75) is 26.3 Å². The Kier molecular flexibility index (Phi) is 2.82. The number of hydrogen-bond donors (Lipinski definition) is 1. The lowest BCUT2D eigenvalue weighted by molar-refractivity contribution is 0.134. The highest BCUT2D eigenvalue weighted by Crippen LogP contribution is 2.29. The molecule has 3 aromatic rings. The second-order valence-electron chi connectivity index (χ2n) is 5.83. The first-order valence-electron chi connectivity index (χ1n) is 7.29. The molecule has 0 saturated carbocycles. The van der Waals surface area contributed by atoms with Crippen LogP contribution in [0, 0.1) is 13.8 Å². The molecule has 5 nitrogen and oxygen atoms in total. The maximum atomic E-state index is 5.22. The van der Waals surface area contributed by atoms with Crippen molar-refractivity contribution < 1.29 is 4.52 Å². The standard InChI is InChI=1S/C16H18N4O/c1-10-13(11(2)21-19-10)9-20-7-12(8-20)16-17-14-5-3-4-6-15(14)18-16/h3-6,12H,7-9H2,1-2H3,(H,17,18). The zero-order valence-electron chi connectivity index (χ0n) is 12.3. The largest absolute Gasteiger partial charge is 0.361 e. The summed E-state index contributed by atoms with van der Waals surface area (Å²) in [6.45, 7) is 6.96. The smallest absolute Gasteiger partial charge is 0.138 e. The van der Waals surface area contributed by atoms with Crippen LogP contribution in [-0.2, 0) is 6.54 Å². The molecule has 21 heavy (non-hydrogen) atoms. The molecule has 0 aliphatic carbocycles. The third kappa shape index (κ3) is 2.14. The van der Waals surface area contributed by atoms with Gasteiger partial charge in [0, 0.05) is 31.1 Å². The minimum Gasteiger partial charge on any atom is -0.361 e. The number of fused-ring (bicyclic) bond motifs is 1. The van der Waals surface area contributed by atoms with Gasteiger partial charge < -0.3 is 9.51 Å². The van der Waals surface area contributed by atoms with Gasteiger partial charge in [-0.3, -0.25) is 4.90 Å². The third-order valence-corrected chi connectivity index (χ3v) is 4.31. The molecule has 0 bridgehead atoms. The summed E-state index contributed by atoms with van der Waals surface area (Å²) in [4.78, 5) is 10.5. The van der Waals surface area contributed by atoms with Crippen LogP contribution in [0.4, 0.5) is 0 Å². The maximum Gasteiger partial charge on any atom is 0.138 e.